The van der Waals surface area contributed by atoms with Crippen LogP contribution in [-0.2, 0) is 6.42 Å². The van der Waals surface area contributed by atoms with Crippen molar-refractivity contribution in [3.8, 4) is 0 Å². The molecule has 2 rings (SSSR count). The predicted octanol–water partition coefficient (Wildman–Crippen LogP) is 2.46. The SMILES string of the molecule is [2H]C([2H])([2H])C(N)Cc1ccc2c(F)coc2c1. The Morgan fingerprint density at radius 1 is 1.64 bits per heavy atom. The van der Waals surface area contributed by atoms with Crippen molar-refractivity contribution in [2.24, 2.45) is 5.73 Å². The van der Waals surface area contributed by atoms with E-state index in [-0.39, 0.29) is 6.42 Å². The molecule has 0 aliphatic heterocycles. The summed E-state index contributed by atoms with van der Waals surface area (Å²) in [6.07, 6.45) is 1.23. The Kier molecular flexibility index (Phi) is 1.51. The van der Waals surface area contributed by atoms with Crippen molar-refractivity contribution in [3.05, 3.63) is 35.8 Å². The van der Waals surface area contributed by atoms with E-state index in [9.17, 15) is 4.39 Å². The number of hydrogen-bond acceptors (Lipinski definition) is 2. The van der Waals surface area contributed by atoms with Crippen LogP contribution in [0.1, 0.15) is 16.5 Å². The number of hydrogen-bond donors (Lipinski definition) is 1. The van der Waals surface area contributed by atoms with Crippen LogP contribution in [0.4, 0.5) is 4.39 Å². The van der Waals surface area contributed by atoms with Gasteiger partial charge in [-0.1, -0.05) is 6.07 Å². The second-order valence-electron chi connectivity index (χ2n) is 3.22. The third-order valence-electron chi connectivity index (χ3n) is 2.05. The monoisotopic (exact) mass is 196 g/mol. The predicted molar refractivity (Wildman–Crippen MR) is 53.5 cm³/mol. The van der Waals surface area contributed by atoms with Crippen molar-refractivity contribution in [1.29, 1.82) is 0 Å². The normalized spacial score (nSPS) is 17.4. The zero-order chi connectivity index (χ0) is 12.6. The highest BCUT2D eigenvalue weighted by Crippen LogP contribution is 2.21. The Hall–Kier alpha value is -1.35. The maximum Gasteiger partial charge on any atom is 0.169 e. The topological polar surface area (TPSA) is 39.2 Å². The van der Waals surface area contributed by atoms with E-state index < -0.39 is 18.7 Å². The average molecular weight is 196 g/mol. The molecule has 0 radical (unpaired) electrons. The molecule has 0 aliphatic rings. The molecular formula is C11H12FNO. The quantitative estimate of drug-likeness (QED) is 0.801. The van der Waals surface area contributed by atoms with E-state index in [2.05, 4.69) is 0 Å². The minimum absolute atomic E-state index is 0.203. The molecule has 2 nitrogen and oxygen atoms in total. The molecule has 0 saturated heterocycles. The first-order chi connectivity index (χ1) is 7.88. The summed E-state index contributed by atoms with van der Waals surface area (Å²) in [5, 5.41) is 0.385. The first-order valence-electron chi connectivity index (χ1n) is 5.79. The van der Waals surface area contributed by atoms with Gasteiger partial charge in [0, 0.05) is 10.2 Å². The molecule has 74 valence electrons. The molecule has 1 atom stereocenters. The maximum absolute atomic E-state index is 13.1. The Morgan fingerprint density at radius 2 is 2.50 bits per heavy atom. The molecule has 0 saturated carbocycles. The lowest BCUT2D eigenvalue weighted by atomic mass is 10.1. The van der Waals surface area contributed by atoms with E-state index in [1.165, 1.54) is 0 Å². The summed E-state index contributed by atoms with van der Waals surface area (Å²) in [4.78, 5) is 0. The third kappa shape index (κ3) is 1.63. The molecule has 14 heavy (non-hydrogen) atoms. The molecule has 2 aromatic rings. The lowest BCUT2D eigenvalue weighted by Crippen LogP contribution is -2.17. The Balaban J connectivity index is 2.25. The van der Waals surface area contributed by atoms with Crippen LogP contribution in [0.2, 0.25) is 0 Å². The highest BCUT2D eigenvalue weighted by atomic mass is 19.1. The van der Waals surface area contributed by atoms with Gasteiger partial charge in [0.25, 0.3) is 0 Å². The summed E-state index contributed by atoms with van der Waals surface area (Å²) in [5.41, 5.74) is 6.68. The van der Waals surface area contributed by atoms with E-state index in [1.54, 1.807) is 18.2 Å². The fraction of sp³-hybridized carbons (Fsp3) is 0.273. The molecular weight excluding hydrogens is 181 g/mol. The smallest absolute Gasteiger partial charge is 0.169 e. The number of halogens is 1. The van der Waals surface area contributed by atoms with E-state index in [4.69, 9.17) is 14.3 Å². The van der Waals surface area contributed by atoms with Gasteiger partial charge >= 0.3 is 0 Å². The Bertz CT molecular complexity index is 535. The van der Waals surface area contributed by atoms with Crippen molar-refractivity contribution in [2.45, 2.75) is 19.3 Å². The summed E-state index contributed by atoms with van der Waals surface area (Å²) >= 11 is 0. The lowest BCUT2D eigenvalue weighted by Gasteiger charge is -2.04. The van der Waals surface area contributed by atoms with Gasteiger partial charge in [-0.05, 0) is 31.0 Å². The largest absolute Gasteiger partial charge is 0.461 e. The fourth-order valence-electron chi connectivity index (χ4n) is 1.42. The molecule has 1 unspecified atom stereocenters. The summed E-state index contributed by atoms with van der Waals surface area (Å²) in [6.45, 7) is -2.19. The van der Waals surface area contributed by atoms with Gasteiger partial charge in [-0.25, -0.2) is 4.39 Å². The van der Waals surface area contributed by atoms with Crippen LogP contribution in [0, 0.1) is 5.82 Å². The van der Waals surface area contributed by atoms with Gasteiger partial charge in [0.15, 0.2) is 5.82 Å². The van der Waals surface area contributed by atoms with Gasteiger partial charge in [-0.2, -0.15) is 0 Å². The van der Waals surface area contributed by atoms with E-state index in [0.717, 1.165) is 11.8 Å². The van der Waals surface area contributed by atoms with Crippen molar-refractivity contribution in [3.63, 3.8) is 0 Å². The number of furan rings is 1. The molecule has 0 bridgehead atoms. The third-order valence-corrected chi connectivity index (χ3v) is 2.05. The zero-order valence-corrected chi connectivity index (χ0v) is 7.46. The van der Waals surface area contributed by atoms with Gasteiger partial charge in [-0.3, -0.25) is 0 Å². The number of rotatable bonds is 2. The standard InChI is InChI=1S/C11H12FNO/c1-7(13)4-8-2-3-9-10(12)6-14-11(9)5-8/h2-3,5-7H,4,13H2,1H3/i1D3. The lowest BCUT2D eigenvalue weighted by molar-refractivity contribution is 0.558. The summed E-state index contributed by atoms with van der Waals surface area (Å²) < 4.78 is 39.7. The number of fused-ring (bicyclic) bond motifs is 1. The molecule has 1 heterocycles. The van der Waals surface area contributed by atoms with Crippen LogP contribution in [0.15, 0.2) is 28.9 Å². The Labute approximate surface area is 85.7 Å². The second kappa shape index (κ2) is 3.42. The van der Waals surface area contributed by atoms with E-state index >= 15 is 0 Å². The van der Waals surface area contributed by atoms with Crippen molar-refractivity contribution < 1.29 is 12.9 Å². The van der Waals surface area contributed by atoms with Crippen LogP contribution in [0.3, 0.4) is 0 Å². The Morgan fingerprint density at radius 3 is 3.29 bits per heavy atom. The average Bonchev–Trinajstić information content (AvgIpc) is 2.59. The van der Waals surface area contributed by atoms with Crippen LogP contribution in [0.5, 0.6) is 0 Å². The van der Waals surface area contributed by atoms with Crippen LogP contribution < -0.4 is 5.73 Å². The van der Waals surface area contributed by atoms with Gasteiger partial charge in [-0.15, -0.1) is 0 Å². The number of benzene rings is 1. The van der Waals surface area contributed by atoms with Gasteiger partial charge in [0.1, 0.15) is 11.8 Å². The summed E-state index contributed by atoms with van der Waals surface area (Å²) in [6, 6.07) is 3.91. The minimum atomic E-state index is -2.19. The van der Waals surface area contributed by atoms with Crippen LogP contribution in [-0.4, -0.2) is 6.04 Å². The first-order valence-corrected chi connectivity index (χ1v) is 4.29. The molecule has 0 amide bonds. The summed E-state index contributed by atoms with van der Waals surface area (Å²) in [5.74, 6) is -0.424. The minimum Gasteiger partial charge on any atom is -0.461 e. The molecule has 1 aromatic carbocycles. The highest BCUT2D eigenvalue weighted by Gasteiger charge is 2.06. The van der Waals surface area contributed by atoms with Gasteiger partial charge in [0.2, 0.25) is 0 Å². The molecule has 0 aliphatic carbocycles. The zero-order valence-electron chi connectivity index (χ0n) is 10.5. The molecule has 3 heteroatoms. The van der Waals surface area contributed by atoms with E-state index in [1.807, 2.05) is 0 Å². The summed E-state index contributed by atoms with van der Waals surface area (Å²) in [7, 11) is 0. The van der Waals surface area contributed by atoms with Gasteiger partial charge in [0.05, 0.1) is 5.39 Å². The van der Waals surface area contributed by atoms with Crippen molar-refractivity contribution in [1.82, 2.24) is 0 Å². The van der Waals surface area contributed by atoms with Crippen LogP contribution >= 0.6 is 0 Å². The maximum atomic E-state index is 13.1. The van der Waals surface area contributed by atoms with Crippen molar-refractivity contribution in [2.75, 3.05) is 0 Å². The molecule has 0 fully saturated rings. The first kappa shape index (κ1) is 6.19. The van der Waals surface area contributed by atoms with E-state index in [0.29, 0.717) is 11.0 Å². The molecule has 0 spiro atoms. The second-order valence-corrected chi connectivity index (χ2v) is 3.22. The molecule has 2 N–H and O–H groups in total. The van der Waals surface area contributed by atoms with Crippen LogP contribution in [0.25, 0.3) is 11.0 Å². The highest BCUT2D eigenvalue weighted by molar-refractivity contribution is 5.78. The van der Waals surface area contributed by atoms with Gasteiger partial charge < -0.3 is 10.2 Å². The molecule has 1 aromatic heterocycles. The fourth-order valence-corrected chi connectivity index (χ4v) is 1.42. The van der Waals surface area contributed by atoms with Crippen molar-refractivity contribution >= 4 is 11.0 Å². The number of nitrogens with two attached hydrogens (primary N) is 1.